The number of carbonyl (C=O) groups excluding carboxylic acids is 2. The maximum absolute atomic E-state index is 12.1. The maximum atomic E-state index is 12.1. The van der Waals surface area contributed by atoms with E-state index in [2.05, 4.69) is 0 Å². The van der Waals surface area contributed by atoms with Gasteiger partial charge < -0.3 is 19.1 Å². The van der Waals surface area contributed by atoms with Gasteiger partial charge in [0.05, 0.1) is 25.2 Å². The largest absolute Gasteiger partial charge is 0.494 e. The van der Waals surface area contributed by atoms with Gasteiger partial charge in [-0.2, -0.15) is 0 Å². The molecule has 0 aromatic heterocycles. The van der Waals surface area contributed by atoms with Crippen molar-refractivity contribution in [2.75, 3.05) is 32.2 Å². The molecule has 196 valence electrons. The molecule has 0 bridgehead atoms. The fourth-order valence-corrected chi connectivity index (χ4v) is 3.76. The van der Waals surface area contributed by atoms with Crippen LogP contribution in [0, 0.1) is 0 Å². The zero-order valence-corrected chi connectivity index (χ0v) is 21.9. The summed E-state index contributed by atoms with van der Waals surface area (Å²) >= 11 is 0. The lowest BCUT2D eigenvalue weighted by molar-refractivity contribution is -0.142. The third kappa shape index (κ3) is 10.4. The lowest BCUT2D eigenvalue weighted by atomic mass is 10.1. The Bertz CT molecular complexity index is 1080. The van der Waals surface area contributed by atoms with E-state index < -0.39 is 0 Å². The predicted molar refractivity (Wildman–Crippen MR) is 146 cm³/mol. The first kappa shape index (κ1) is 27.8. The summed E-state index contributed by atoms with van der Waals surface area (Å²) in [5.74, 6) is 0.705. The average Bonchev–Trinajstić information content (AvgIpc) is 2.91. The van der Waals surface area contributed by atoms with Crippen molar-refractivity contribution in [3.05, 3.63) is 90.0 Å². The molecule has 0 saturated carbocycles. The van der Waals surface area contributed by atoms with Gasteiger partial charge in [-0.1, -0.05) is 56.0 Å². The molecule has 0 aliphatic carbocycles. The summed E-state index contributed by atoms with van der Waals surface area (Å²) in [4.78, 5) is 26.1. The van der Waals surface area contributed by atoms with Crippen molar-refractivity contribution in [3.63, 3.8) is 0 Å². The highest BCUT2D eigenvalue weighted by atomic mass is 16.5. The molecule has 0 aliphatic heterocycles. The van der Waals surface area contributed by atoms with Crippen LogP contribution in [0.5, 0.6) is 11.5 Å². The summed E-state index contributed by atoms with van der Waals surface area (Å²) < 4.78 is 16.5. The SMILES string of the molecule is CN(C)c1ccc(CC(=O)OCCCCCCCCOc2ccc(OC(=O)c3ccccc3)cc2)cc1. The van der Waals surface area contributed by atoms with Crippen LogP contribution in [0.15, 0.2) is 78.9 Å². The zero-order valence-electron chi connectivity index (χ0n) is 21.9. The van der Waals surface area contributed by atoms with Crippen molar-refractivity contribution in [1.82, 2.24) is 0 Å². The molecule has 3 aromatic carbocycles. The fourth-order valence-electron chi connectivity index (χ4n) is 3.76. The molecule has 0 fully saturated rings. The minimum atomic E-state index is -0.376. The smallest absolute Gasteiger partial charge is 0.343 e. The molecular formula is C31H37NO5. The number of carbonyl (C=O) groups is 2. The summed E-state index contributed by atoms with van der Waals surface area (Å²) in [5, 5.41) is 0. The molecule has 0 unspecified atom stereocenters. The van der Waals surface area contributed by atoms with Crippen LogP contribution < -0.4 is 14.4 Å². The molecule has 3 aromatic rings. The van der Waals surface area contributed by atoms with E-state index >= 15 is 0 Å². The van der Waals surface area contributed by atoms with E-state index in [0.717, 1.165) is 55.5 Å². The lowest BCUT2D eigenvalue weighted by Crippen LogP contribution is -2.10. The van der Waals surface area contributed by atoms with Gasteiger partial charge in [0.1, 0.15) is 11.5 Å². The Labute approximate surface area is 220 Å². The number of hydrogen-bond acceptors (Lipinski definition) is 6. The van der Waals surface area contributed by atoms with E-state index in [1.807, 2.05) is 61.5 Å². The van der Waals surface area contributed by atoms with Gasteiger partial charge in [-0.05, 0) is 66.9 Å². The highest BCUT2D eigenvalue weighted by molar-refractivity contribution is 5.90. The van der Waals surface area contributed by atoms with Crippen LogP contribution in [0.25, 0.3) is 0 Å². The van der Waals surface area contributed by atoms with E-state index in [-0.39, 0.29) is 11.9 Å². The highest BCUT2D eigenvalue weighted by Gasteiger charge is 2.08. The summed E-state index contributed by atoms with van der Waals surface area (Å²) in [6.07, 6.45) is 6.57. The molecule has 6 heteroatoms. The van der Waals surface area contributed by atoms with Crippen molar-refractivity contribution in [3.8, 4) is 11.5 Å². The van der Waals surface area contributed by atoms with Crippen LogP contribution in [-0.4, -0.2) is 39.2 Å². The molecule has 37 heavy (non-hydrogen) atoms. The Morgan fingerprint density at radius 2 is 1.27 bits per heavy atom. The van der Waals surface area contributed by atoms with Crippen LogP contribution in [0.1, 0.15) is 54.4 Å². The van der Waals surface area contributed by atoms with Gasteiger partial charge in [0.2, 0.25) is 0 Å². The van der Waals surface area contributed by atoms with Crippen molar-refractivity contribution in [1.29, 1.82) is 0 Å². The second kappa shape index (κ2) is 15.3. The molecule has 3 rings (SSSR count). The van der Waals surface area contributed by atoms with Gasteiger partial charge in [0.15, 0.2) is 0 Å². The number of ether oxygens (including phenoxy) is 3. The van der Waals surface area contributed by atoms with E-state index in [1.54, 1.807) is 36.4 Å². The third-order valence-corrected chi connectivity index (χ3v) is 5.92. The molecule has 0 saturated heterocycles. The Balaban J connectivity index is 1.17. The number of anilines is 1. The van der Waals surface area contributed by atoms with Crippen molar-refractivity contribution in [2.24, 2.45) is 0 Å². The van der Waals surface area contributed by atoms with Crippen molar-refractivity contribution in [2.45, 2.75) is 44.9 Å². The van der Waals surface area contributed by atoms with Gasteiger partial charge in [-0.3, -0.25) is 4.79 Å². The van der Waals surface area contributed by atoms with Gasteiger partial charge in [-0.25, -0.2) is 4.79 Å². The van der Waals surface area contributed by atoms with Crippen LogP contribution in [0.2, 0.25) is 0 Å². The van der Waals surface area contributed by atoms with E-state index in [0.29, 0.717) is 30.9 Å². The summed E-state index contributed by atoms with van der Waals surface area (Å²) in [7, 11) is 3.99. The maximum Gasteiger partial charge on any atom is 0.343 e. The monoisotopic (exact) mass is 503 g/mol. The lowest BCUT2D eigenvalue weighted by Gasteiger charge is -2.12. The number of nitrogens with zero attached hydrogens (tertiary/aromatic N) is 1. The van der Waals surface area contributed by atoms with Crippen molar-refractivity contribution < 1.29 is 23.8 Å². The minimum Gasteiger partial charge on any atom is -0.494 e. The number of unbranched alkanes of at least 4 members (excludes halogenated alkanes) is 5. The minimum absolute atomic E-state index is 0.169. The first-order valence-electron chi connectivity index (χ1n) is 12.9. The molecule has 0 heterocycles. The molecule has 0 aliphatic rings. The molecule has 0 atom stereocenters. The first-order valence-corrected chi connectivity index (χ1v) is 12.9. The number of benzene rings is 3. The molecule has 0 radical (unpaired) electrons. The molecule has 0 spiro atoms. The van der Waals surface area contributed by atoms with Gasteiger partial charge in [0, 0.05) is 19.8 Å². The van der Waals surface area contributed by atoms with Crippen LogP contribution in [0.3, 0.4) is 0 Å². The topological polar surface area (TPSA) is 65.1 Å². The van der Waals surface area contributed by atoms with Crippen LogP contribution in [0.4, 0.5) is 5.69 Å². The molecular weight excluding hydrogens is 466 g/mol. The highest BCUT2D eigenvalue weighted by Crippen LogP contribution is 2.19. The average molecular weight is 504 g/mol. The summed E-state index contributed by atoms with van der Waals surface area (Å²) in [6, 6.07) is 24.0. The first-order chi connectivity index (χ1) is 18.0. The van der Waals surface area contributed by atoms with Gasteiger partial charge in [-0.15, -0.1) is 0 Å². The molecule has 0 amide bonds. The number of esters is 2. The third-order valence-electron chi connectivity index (χ3n) is 5.92. The Morgan fingerprint density at radius 1 is 0.676 bits per heavy atom. The van der Waals surface area contributed by atoms with Crippen LogP contribution >= 0.6 is 0 Å². The molecule has 0 N–H and O–H groups in total. The zero-order chi connectivity index (χ0) is 26.3. The summed E-state index contributed by atoms with van der Waals surface area (Å²) in [6.45, 7) is 1.13. The van der Waals surface area contributed by atoms with E-state index in [1.165, 1.54) is 0 Å². The Hall–Kier alpha value is -3.80. The number of hydrogen-bond donors (Lipinski definition) is 0. The number of rotatable bonds is 15. The Kier molecular flexibility index (Phi) is 11.5. The summed E-state index contributed by atoms with van der Waals surface area (Å²) in [5.41, 5.74) is 2.60. The normalized spacial score (nSPS) is 10.5. The van der Waals surface area contributed by atoms with Crippen LogP contribution in [-0.2, 0) is 16.0 Å². The second-order valence-electron chi connectivity index (χ2n) is 9.15. The van der Waals surface area contributed by atoms with Gasteiger partial charge >= 0.3 is 11.9 Å². The second-order valence-corrected chi connectivity index (χ2v) is 9.15. The van der Waals surface area contributed by atoms with E-state index in [9.17, 15) is 9.59 Å². The standard InChI is InChI=1S/C31H37NO5/c1-32(2)27-16-14-25(15-17-27)24-30(33)36-23-11-6-4-3-5-10-22-35-28-18-20-29(21-19-28)37-31(34)26-12-8-7-9-13-26/h7-9,12-21H,3-6,10-11,22-24H2,1-2H3. The van der Waals surface area contributed by atoms with Crippen molar-refractivity contribution >= 4 is 17.6 Å². The quantitative estimate of drug-likeness (QED) is 0.134. The molecule has 6 nitrogen and oxygen atoms in total. The Morgan fingerprint density at radius 3 is 1.92 bits per heavy atom. The van der Waals surface area contributed by atoms with Gasteiger partial charge in [0.25, 0.3) is 0 Å². The fraction of sp³-hybridized carbons (Fsp3) is 0.355. The predicted octanol–water partition coefficient (Wildman–Crippen LogP) is 6.48. The van der Waals surface area contributed by atoms with E-state index in [4.69, 9.17) is 14.2 Å².